The van der Waals surface area contributed by atoms with Crippen molar-refractivity contribution in [3.05, 3.63) is 118 Å². The van der Waals surface area contributed by atoms with Crippen LogP contribution in [-0.4, -0.2) is 9.13 Å². The van der Waals surface area contributed by atoms with Gasteiger partial charge in [0.1, 0.15) is 0 Å². The van der Waals surface area contributed by atoms with Gasteiger partial charge in [0.05, 0.1) is 16.6 Å². The Hall–Kier alpha value is -4.12. The number of rotatable bonds is 4. The lowest BCUT2D eigenvalue weighted by Crippen LogP contribution is -2.38. The second-order valence-electron chi connectivity index (χ2n) is 8.02. The van der Waals surface area contributed by atoms with Gasteiger partial charge in [-0.2, -0.15) is 0 Å². The SMILES string of the molecule is CC1C=C(n2c(=O)n(-c3ccccc3)c(=O)c3cc(Nc4ccccc4)ccc32)C=CC1. The molecule has 1 heterocycles. The molecule has 0 radical (unpaired) electrons. The van der Waals surface area contributed by atoms with E-state index >= 15 is 0 Å². The van der Waals surface area contributed by atoms with Crippen LogP contribution in [0.25, 0.3) is 22.3 Å². The fourth-order valence-electron chi connectivity index (χ4n) is 4.10. The van der Waals surface area contributed by atoms with Gasteiger partial charge in [-0.25, -0.2) is 9.36 Å². The van der Waals surface area contributed by atoms with E-state index in [1.54, 1.807) is 16.7 Å². The smallest absolute Gasteiger partial charge is 0.340 e. The molecule has 3 aromatic carbocycles. The maximum atomic E-state index is 13.6. The van der Waals surface area contributed by atoms with Crippen molar-refractivity contribution in [2.75, 3.05) is 5.32 Å². The Bertz CT molecular complexity index is 1460. The molecule has 0 bridgehead atoms. The molecule has 1 atom stereocenters. The maximum Gasteiger partial charge on any atom is 0.340 e. The van der Waals surface area contributed by atoms with Gasteiger partial charge in [-0.15, -0.1) is 0 Å². The second-order valence-corrected chi connectivity index (χ2v) is 8.02. The summed E-state index contributed by atoms with van der Waals surface area (Å²) in [6.07, 6.45) is 7.04. The molecule has 1 unspecified atom stereocenters. The molecule has 1 aliphatic carbocycles. The van der Waals surface area contributed by atoms with E-state index in [1.807, 2.05) is 72.8 Å². The fourth-order valence-corrected chi connectivity index (χ4v) is 4.10. The number of allylic oxidation sites excluding steroid dienone is 4. The van der Waals surface area contributed by atoms with Crippen LogP contribution in [0.5, 0.6) is 0 Å². The molecule has 0 saturated heterocycles. The van der Waals surface area contributed by atoms with Gasteiger partial charge in [-0.3, -0.25) is 9.36 Å². The maximum absolute atomic E-state index is 13.6. The fraction of sp³-hybridized carbons (Fsp3) is 0.111. The highest BCUT2D eigenvalue weighted by atomic mass is 16.2. The molecule has 0 saturated carbocycles. The van der Waals surface area contributed by atoms with Gasteiger partial charge in [0.15, 0.2) is 0 Å². The van der Waals surface area contributed by atoms with Crippen molar-refractivity contribution in [1.82, 2.24) is 9.13 Å². The van der Waals surface area contributed by atoms with Crippen LogP contribution in [0.15, 0.2) is 107 Å². The Balaban J connectivity index is 1.79. The number of benzene rings is 3. The van der Waals surface area contributed by atoms with E-state index in [0.717, 1.165) is 23.5 Å². The number of hydrogen-bond donors (Lipinski definition) is 1. The number of aromatic nitrogens is 2. The molecule has 5 rings (SSSR count). The number of nitrogens with one attached hydrogen (secondary N) is 1. The summed E-state index contributed by atoms with van der Waals surface area (Å²) in [5.74, 6) is 0.313. The predicted molar refractivity (Wildman–Crippen MR) is 131 cm³/mol. The standard InChI is InChI=1S/C27H23N3O2/c1-19-9-8-14-23(17-19)29-25-16-15-21(28-20-10-4-2-5-11-20)18-24(25)26(31)30(27(29)32)22-12-6-3-7-13-22/h2-8,10-19,28H,9H2,1H3. The highest BCUT2D eigenvalue weighted by Gasteiger charge is 2.18. The third-order valence-electron chi connectivity index (χ3n) is 5.64. The first kappa shape index (κ1) is 19.8. The summed E-state index contributed by atoms with van der Waals surface area (Å²) < 4.78 is 2.89. The van der Waals surface area contributed by atoms with Crippen molar-refractivity contribution >= 4 is 28.0 Å². The van der Waals surface area contributed by atoms with Gasteiger partial charge in [-0.05, 0) is 60.9 Å². The van der Waals surface area contributed by atoms with Crippen molar-refractivity contribution < 1.29 is 0 Å². The van der Waals surface area contributed by atoms with E-state index in [9.17, 15) is 9.59 Å². The summed E-state index contributed by atoms with van der Waals surface area (Å²) in [6, 6.07) is 24.4. The summed E-state index contributed by atoms with van der Waals surface area (Å²) in [5, 5.41) is 3.81. The highest BCUT2D eigenvalue weighted by Crippen LogP contribution is 2.25. The summed E-state index contributed by atoms with van der Waals surface area (Å²) in [7, 11) is 0. The van der Waals surface area contributed by atoms with Gasteiger partial charge < -0.3 is 5.32 Å². The van der Waals surface area contributed by atoms with Crippen molar-refractivity contribution in [1.29, 1.82) is 0 Å². The third kappa shape index (κ3) is 3.58. The van der Waals surface area contributed by atoms with Gasteiger partial charge >= 0.3 is 5.69 Å². The van der Waals surface area contributed by atoms with Crippen molar-refractivity contribution in [3.63, 3.8) is 0 Å². The molecule has 0 aliphatic heterocycles. The molecule has 5 heteroatoms. The molecule has 1 N–H and O–H groups in total. The van der Waals surface area contributed by atoms with Gasteiger partial charge in [0.2, 0.25) is 0 Å². The number of nitrogens with zero attached hydrogens (tertiary/aromatic N) is 2. The minimum atomic E-state index is -0.373. The van der Waals surface area contributed by atoms with Crippen LogP contribution in [0.4, 0.5) is 11.4 Å². The number of fused-ring (bicyclic) bond motifs is 1. The van der Waals surface area contributed by atoms with Crippen LogP contribution in [0, 0.1) is 5.92 Å². The highest BCUT2D eigenvalue weighted by molar-refractivity contribution is 5.86. The van der Waals surface area contributed by atoms with Crippen molar-refractivity contribution in [2.24, 2.45) is 5.92 Å². The zero-order chi connectivity index (χ0) is 22.1. The zero-order valence-electron chi connectivity index (χ0n) is 17.7. The Morgan fingerprint density at radius 2 is 1.56 bits per heavy atom. The molecular weight excluding hydrogens is 398 g/mol. The molecule has 158 valence electrons. The zero-order valence-corrected chi connectivity index (χ0v) is 17.7. The Labute approximate surface area is 185 Å². The topological polar surface area (TPSA) is 56.0 Å². The molecule has 5 nitrogen and oxygen atoms in total. The van der Waals surface area contributed by atoms with Crippen LogP contribution >= 0.6 is 0 Å². The molecule has 4 aromatic rings. The molecule has 0 spiro atoms. The van der Waals surface area contributed by atoms with Crippen LogP contribution in [-0.2, 0) is 0 Å². The summed E-state index contributed by atoms with van der Waals surface area (Å²) >= 11 is 0. The van der Waals surface area contributed by atoms with Crippen LogP contribution < -0.4 is 16.6 Å². The van der Waals surface area contributed by atoms with Crippen LogP contribution in [0.3, 0.4) is 0 Å². The summed E-state index contributed by atoms with van der Waals surface area (Å²) in [4.78, 5) is 27.2. The molecule has 1 aliphatic rings. The van der Waals surface area contributed by atoms with E-state index < -0.39 is 0 Å². The molecule has 0 amide bonds. The average Bonchev–Trinajstić information content (AvgIpc) is 2.81. The minimum Gasteiger partial charge on any atom is -0.356 e. The van der Waals surface area contributed by atoms with E-state index in [2.05, 4.69) is 24.4 Å². The first-order valence-corrected chi connectivity index (χ1v) is 10.7. The molecule has 0 fully saturated rings. The van der Waals surface area contributed by atoms with Gasteiger partial charge in [-0.1, -0.05) is 55.5 Å². The van der Waals surface area contributed by atoms with E-state index in [0.29, 0.717) is 22.5 Å². The number of hydrogen-bond acceptors (Lipinski definition) is 3. The first-order chi connectivity index (χ1) is 15.6. The Morgan fingerprint density at radius 3 is 2.28 bits per heavy atom. The Morgan fingerprint density at radius 1 is 0.844 bits per heavy atom. The largest absolute Gasteiger partial charge is 0.356 e. The van der Waals surface area contributed by atoms with Gasteiger partial charge in [0, 0.05) is 17.1 Å². The van der Waals surface area contributed by atoms with Crippen LogP contribution in [0.1, 0.15) is 13.3 Å². The molecule has 32 heavy (non-hydrogen) atoms. The number of anilines is 2. The van der Waals surface area contributed by atoms with Crippen LogP contribution in [0.2, 0.25) is 0 Å². The summed E-state index contributed by atoms with van der Waals surface area (Å²) in [5.41, 5.74) is 2.93. The lowest BCUT2D eigenvalue weighted by Gasteiger charge is -2.19. The lowest BCUT2D eigenvalue weighted by atomic mass is 10.0. The number of para-hydroxylation sites is 2. The van der Waals surface area contributed by atoms with E-state index in [4.69, 9.17) is 0 Å². The molecule has 1 aromatic heterocycles. The second kappa shape index (κ2) is 8.19. The molecular formula is C27H23N3O2. The monoisotopic (exact) mass is 421 g/mol. The van der Waals surface area contributed by atoms with Crippen molar-refractivity contribution in [3.8, 4) is 5.69 Å². The average molecular weight is 422 g/mol. The lowest BCUT2D eigenvalue weighted by molar-refractivity contribution is 0.729. The van der Waals surface area contributed by atoms with Crippen molar-refractivity contribution in [2.45, 2.75) is 13.3 Å². The van der Waals surface area contributed by atoms with E-state index in [-0.39, 0.29) is 11.2 Å². The first-order valence-electron chi connectivity index (χ1n) is 10.7. The normalized spacial score (nSPS) is 15.5. The minimum absolute atomic E-state index is 0.313. The van der Waals surface area contributed by atoms with E-state index in [1.165, 1.54) is 4.57 Å². The van der Waals surface area contributed by atoms with Gasteiger partial charge in [0.25, 0.3) is 5.56 Å². The predicted octanol–water partition coefficient (Wildman–Crippen LogP) is 5.33. The summed E-state index contributed by atoms with van der Waals surface area (Å²) in [6.45, 7) is 2.12. The Kier molecular flexibility index (Phi) is 5.07. The quantitative estimate of drug-likeness (QED) is 0.484. The third-order valence-corrected chi connectivity index (χ3v) is 5.64.